The average Bonchev–Trinajstić information content (AvgIpc) is 2.81. The van der Waals surface area contributed by atoms with Crippen molar-refractivity contribution in [3.05, 3.63) is 29.8 Å². The first-order valence-electron chi connectivity index (χ1n) is 8.74. The van der Waals surface area contributed by atoms with Crippen LogP contribution in [0.2, 0.25) is 0 Å². The molecule has 0 aromatic carbocycles. The van der Waals surface area contributed by atoms with Crippen molar-refractivity contribution >= 4 is 5.91 Å². The van der Waals surface area contributed by atoms with Gasteiger partial charge in [-0.15, -0.1) is 0 Å². The number of hydrogen-bond donors (Lipinski definition) is 0. The van der Waals surface area contributed by atoms with Crippen LogP contribution in [0.15, 0.2) is 18.3 Å². The number of amides is 1. The Bertz CT molecular complexity index is 596. The van der Waals surface area contributed by atoms with Gasteiger partial charge in [0, 0.05) is 18.8 Å². The largest absolute Gasteiger partial charge is 0.377 e. The first-order chi connectivity index (χ1) is 12.0. The van der Waals surface area contributed by atoms with Gasteiger partial charge in [0.1, 0.15) is 11.4 Å². The zero-order chi connectivity index (χ0) is 17.9. The fraction of sp³-hybridized carbons (Fsp3) is 0.667. The van der Waals surface area contributed by atoms with E-state index in [-0.39, 0.29) is 18.4 Å². The highest BCUT2D eigenvalue weighted by Crippen LogP contribution is 2.33. The van der Waals surface area contributed by atoms with Crippen LogP contribution in [0.1, 0.15) is 18.5 Å². The quantitative estimate of drug-likeness (QED) is 0.813. The number of hydrogen-bond acceptors (Lipinski definition) is 5. The van der Waals surface area contributed by atoms with Crippen molar-refractivity contribution in [2.45, 2.75) is 31.0 Å². The Morgan fingerprint density at radius 2 is 2.32 bits per heavy atom. The molecule has 1 aromatic heterocycles. The summed E-state index contributed by atoms with van der Waals surface area (Å²) in [4.78, 5) is 20.6. The molecule has 0 N–H and O–H groups in total. The molecule has 3 heterocycles. The summed E-state index contributed by atoms with van der Waals surface area (Å²) in [6.45, 7) is 2.98. The molecular weight excluding hydrogens is 325 g/mol. The number of likely N-dealkylation sites (N-methyl/N-ethyl adjacent to an activating group) is 1. The van der Waals surface area contributed by atoms with Crippen LogP contribution in [0.4, 0.5) is 4.39 Å². The van der Waals surface area contributed by atoms with Gasteiger partial charge in [-0.3, -0.25) is 9.78 Å². The maximum absolute atomic E-state index is 13.0. The van der Waals surface area contributed by atoms with Gasteiger partial charge in [0.15, 0.2) is 0 Å². The van der Waals surface area contributed by atoms with Crippen molar-refractivity contribution in [1.29, 1.82) is 0 Å². The van der Waals surface area contributed by atoms with Crippen molar-refractivity contribution in [2.24, 2.45) is 0 Å². The highest BCUT2D eigenvalue weighted by molar-refractivity contribution is 5.78. The van der Waals surface area contributed by atoms with Gasteiger partial charge in [-0.25, -0.2) is 4.39 Å². The molecule has 138 valence electrons. The molecule has 3 rings (SSSR count). The highest BCUT2D eigenvalue weighted by atomic mass is 19.1. The first-order valence-corrected chi connectivity index (χ1v) is 8.74. The summed E-state index contributed by atoms with van der Waals surface area (Å²) >= 11 is 0. The standard InChI is InChI=1S/C18H26FN3O3/c1-21(2)11-16-5-6-18(25-16)12-22(7-8-24-13-18)17(23)9-15-4-3-14(19)10-20-15/h3-4,10,16H,5-9,11-13H2,1-2H3. The maximum atomic E-state index is 13.0. The smallest absolute Gasteiger partial charge is 0.228 e. The summed E-state index contributed by atoms with van der Waals surface area (Å²) in [5, 5.41) is 0. The fourth-order valence-electron chi connectivity index (χ4n) is 3.55. The van der Waals surface area contributed by atoms with Crippen LogP contribution < -0.4 is 0 Å². The van der Waals surface area contributed by atoms with Crippen molar-refractivity contribution in [3.63, 3.8) is 0 Å². The van der Waals surface area contributed by atoms with E-state index >= 15 is 0 Å². The lowest BCUT2D eigenvalue weighted by Gasteiger charge is -2.32. The molecule has 2 atom stereocenters. The van der Waals surface area contributed by atoms with Gasteiger partial charge in [0.25, 0.3) is 0 Å². The molecule has 6 nitrogen and oxygen atoms in total. The molecule has 1 amide bonds. The second-order valence-corrected chi connectivity index (χ2v) is 7.24. The second kappa shape index (κ2) is 7.76. The number of aromatic nitrogens is 1. The molecule has 2 fully saturated rings. The number of carbonyl (C=O) groups is 1. The number of rotatable bonds is 4. The van der Waals surface area contributed by atoms with Crippen molar-refractivity contribution < 1.29 is 18.7 Å². The fourth-order valence-corrected chi connectivity index (χ4v) is 3.55. The van der Waals surface area contributed by atoms with E-state index in [0.717, 1.165) is 25.6 Å². The van der Waals surface area contributed by atoms with Gasteiger partial charge in [-0.05, 0) is 39.1 Å². The molecule has 25 heavy (non-hydrogen) atoms. The van der Waals surface area contributed by atoms with E-state index in [1.165, 1.54) is 6.07 Å². The molecule has 2 saturated heterocycles. The topological polar surface area (TPSA) is 54.9 Å². The lowest BCUT2D eigenvalue weighted by molar-refractivity contribution is -0.135. The Kier molecular flexibility index (Phi) is 5.66. The predicted octanol–water partition coefficient (Wildman–Crippen LogP) is 1.10. The van der Waals surface area contributed by atoms with E-state index in [0.29, 0.717) is 32.0 Å². The van der Waals surface area contributed by atoms with Crippen LogP contribution >= 0.6 is 0 Å². The van der Waals surface area contributed by atoms with Crippen molar-refractivity contribution in [1.82, 2.24) is 14.8 Å². The summed E-state index contributed by atoms with van der Waals surface area (Å²) in [6.07, 6.45) is 3.35. The monoisotopic (exact) mass is 351 g/mol. The normalized spacial score (nSPS) is 27.0. The van der Waals surface area contributed by atoms with E-state index in [4.69, 9.17) is 9.47 Å². The molecule has 0 aliphatic carbocycles. The summed E-state index contributed by atoms with van der Waals surface area (Å²) in [7, 11) is 4.06. The van der Waals surface area contributed by atoms with Crippen LogP contribution in [0.5, 0.6) is 0 Å². The van der Waals surface area contributed by atoms with Crippen LogP contribution in [0.3, 0.4) is 0 Å². The van der Waals surface area contributed by atoms with E-state index in [9.17, 15) is 9.18 Å². The van der Waals surface area contributed by atoms with Gasteiger partial charge in [0.2, 0.25) is 5.91 Å². The first kappa shape index (κ1) is 18.2. The van der Waals surface area contributed by atoms with Crippen molar-refractivity contribution in [2.75, 3.05) is 46.9 Å². The highest BCUT2D eigenvalue weighted by Gasteiger charge is 2.44. The second-order valence-electron chi connectivity index (χ2n) is 7.24. The molecule has 0 saturated carbocycles. The maximum Gasteiger partial charge on any atom is 0.228 e. The zero-order valence-electron chi connectivity index (χ0n) is 14.9. The molecule has 7 heteroatoms. The SMILES string of the molecule is CN(C)CC1CCC2(COCCN(C(=O)Cc3ccc(F)cn3)C2)O1. The number of pyridine rings is 1. The number of ether oxygens (including phenoxy) is 2. The lowest BCUT2D eigenvalue weighted by atomic mass is 10.00. The van der Waals surface area contributed by atoms with Gasteiger partial charge >= 0.3 is 0 Å². The Morgan fingerprint density at radius 1 is 1.48 bits per heavy atom. The molecule has 1 aromatic rings. The van der Waals surface area contributed by atoms with E-state index in [2.05, 4.69) is 9.88 Å². The minimum atomic E-state index is -0.414. The van der Waals surface area contributed by atoms with Crippen LogP contribution in [-0.2, 0) is 20.7 Å². The zero-order valence-corrected chi connectivity index (χ0v) is 14.9. The lowest BCUT2D eigenvalue weighted by Crippen LogP contribution is -2.47. The molecule has 2 unspecified atom stereocenters. The predicted molar refractivity (Wildman–Crippen MR) is 90.7 cm³/mol. The third-order valence-corrected chi connectivity index (χ3v) is 4.73. The molecule has 2 aliphatic rings. The van der Waals surface area contributed by atoms with Gasteiger partial charge in [0.05, 0.1) is 38.5 Å². The number of halogens is 1. The average molecular weight is 351 g/mol. The van der Waals surface area contributed by atoms with E-state index < -0.39 is 11.4 Å². The Morgan fingerprint density at radius 3 is 3.04 bits per heavy atom. The summed E-state index contributed by atoms with van der Waals surface area (Å²) < 4.78 is 25.0. The van der Waals surface area contributed by atoms with Crippen LogP contribution in [-0.4, -0.2) is 79.3 Å². The van der Waals surface area contributed by atoms with Crippen LogP contribution in [0, 0.1) is 5.82 Å². The Labute approximate surface area is 147 Å². The minimum absolute atomic E-state index is 0.0244. The third kappa shape index (κ3) is 4.74. The van der Waals surface area contributed by atoms with Gasteiger partial charge < -0.3 is 19.3 Å². The van der Waals surface area contributed by atoms with E-state index in [1.807, 2.05) is 14.1 Å². The number of nitrogens with zero attached hydrogens (tertiary/aromatic N) is 3. The third-order valence-electron chi connectivity index (χ3n) is 4.73. The molecular formula is C18H26FN3O3. The van der Waals surface area contributed by atoms with Crippen LogP contribution in [0.25, 0.3) is 0 Å². The summed E-state index contributed by atoms with van der Waals surface area (Å²) in [5.74, 6) is -0.423. The van der Waals surface area contributed by atoms with E-state index in [1.54, 1.807) is 11.0 Å². The molecule has 2 aliphatic heterocycles. The van der Waals surface area contributed by atoms with Gasteiger partial charge in [-0.2, -0.15) is 0 Å². The summed E-state index contributed by atoms with van der Waals surface area (Å²) in [5.41, 5.74) is 0.159. The summed E-state index contributed by atoms with van der Waals surface area (Å²) in [6, 6.07) is 2.88. The molecule has 0 bridgehead atoms. The molecule has 0 radical (unpaired) electrons. The number of carbonyl (C=O) groups excluding carboxylic acids is 1. The van der Waals surface area contributed by atoms with Crippen molar-refractivity contribution in [3.8, 4) is 0 Å². The minimum Gasteiger partial charge on any atom is -0.377 e. The molecule has 1 spiro atoms. The Balaban J connectivity index is 1.63. The Hall–Kier alpha value is -1.57. The van der Waals surface area contributed by atoms with Gasteiger partial charge in [-0.1, -0.05) is 0 Å².